The Balaban J connectivity index is 1.47. The molecule has 1 heterocycles. The van der Waals surface area contributed by atoms with Crippen molar-refractivity contribution in [2.75, 3.05) is 0 Å². The number of nitrogens with one attached hydrogen (secondary N) is 1. The lowest BCUT2D eigenvalue weighted by Crippen LogP contribution is -2.22. The van der Waals surface area contributed by atoms with Crippen molar-refractivity contribution in [2.45, 2.75) is 19.4 Å². The summed E-state index contributed by atoms with van der Waals surface area (Å²) >= 11 is 0. The minimum atomic E-state index is -0.953. The van der Waals surface area contributed by atoms with Gasteiger partial charge in [-0.1, -0.05) is 30.3 Å². The predicted octanol–water partition coefficient (Wildman–Crippen LogP) is 2.82. The molecule has 0 aliphatic rings. The van der Waals surface area contributed by atoms with Crippen LogP contribution in [0.2, 0.25) is 0 Å². The lowest BCUT2D eigenvalue weighted by molar-refractivity contribution is -0.121. The largest absolute Gasteiger partial charge is 0.478 e. The Bertz CT molecular complexity index is 886. The zero-order valence-corrected chi connectivity index (χ0v) is 14.1. The third-order valence-corrected chi connectivity index (χ3v) is 3.99. The average Bonchev–Trinajstić information content (AvgIpc) is 3.15. The molecule has 0 fully saturated rings. The van der Waals surface area contributed by atoms with E-state index in [0.717, 1.165) is 16.8 Å². The molecule has 0 saturated carbocycles. The van der Waals surface area contributed by atoms with Gasteiger partial charge in [-0.2, -0.15) is 5.10 Å². The maximum Gasteiger partial charge on any atom is 0.335 e. The summed E-state index contributed by atoms with van der Waals surface area (Å²) in [4.78, 5) is 22.8. The number of hydrogen-bond acceptors (Lipinski definition) is 3. The highest BCUT2D eigenvalue weighted by Gasteiger charge is 2.06. The number of carbonyl (C=O) groups excluding carboxylic acids is 1. The topological polar surface area (TPSA) is 84.2 Å². The molecule has 0 bridgehead atoms. The molecule has 6 heteroatoms. The van der Waals surface area contributed by atoms with Gasteiger partial charge in [-0.3, -0.25) is 4.79 Å². The molecule has 0 aliphatic heterocycles. The molecule has 26 heavy (non-hydrogen) atoms. The summed E-state index contributed by atoms with van der Waals surface area (Å²) in [6, 6.07) is 16.3. The summed E-state index contributed by atoms with van der Waals surface area (Å²) in [5.41, 5.74) is 3.07. The smallest absolute Gasteiger partial charge is 0.335 e. The Kier molecular flexibility index (Phi) is 5.43. The second kappa shape index (κ2) is 8.11. The lowest BCUT2D eigenvalue weighted by Gasteiger charge is -2.04. The number of para-hydroxylation sites is 1. The fourth-order valence-electron chi connectivity index (χ4n) is 2.53. The Labute approximate surface area is 151 Å². The maximum absolute atomic E-state index is 12.0. The zero-order valence-electron chi connectivity index (χ0n) is 14.1. The van der Waals surface area contributed by atoms with Gasteiger partial charge in [0.25, 0.3) is 0 Å². The third kappa shape index (κ3) is 4.57. The molecule has 6 nitrogen and oxygen atoms in total. The standard InChI is InChI=1S/C20H19N3O3/c24-19(11-8-15-6-9-17(10-7-15)20(25)26)21-12-16-13-22-23(14-16)18-4-2-1-3-5-18/h1-7,9-10,13-14H,8,11-12H2,(H,21,24)(H,25,26). The van der Waals surface area contributed by atoms with E-state index in [1.54, 1.807) is 35.1 Å². The lowest BCUT2D eigenvalue weighted by atomic mass is 10.1. The summed E-state index contributed by atoms with van der Waals surface area (Å²) < 4.78 is 1.77. The molecule has 0 saturated heterocycles. The first-order valence-corrected chi connectivity index (χ1v) is 8.30. The highest BCUT2D eigenvalue weighted by molar-refractivity contribution is 5.87. The number of nitrogens with zero attached hydrogens (tertiary/aromatic N) is 2. The Hall–Kier alpha value is -3.41. The van der Waals surface area contributed by atoms with E-state index in [4.69, 9.17) is 5.11 Å². The molecule has 0 aliphatic carbocycles. The number of benzene rings is 2. The number of aromatic nitrogens is 2. The van der Waals surface area contributed by atoms with Gasteiger partial charge in [-0.15, -0.1) is 0 Å². The van der Waals surface area contributed by atoms with Crippen LogP contribution in [0.3, 0.4) is 0 Å². The van der Waals surface area contributed by atoms with Gasteiger partial charge in [-0.25, -0.2) is 9.48 Å². The number of carbonyl (C=O) groups is 2. The molecule has 0 spiro atoms. The first-order valence-electron chi connectivity index (χ1n) is 8.30. The first kappa shape index (κ1) is 17.4. The predicted molar refractivity (Wildman–Crippen MR) is 97.1 cm³/mol. The van der Waals surface area contributed by atoms with Crippen LogP contribution in [0, 0.1) is 0 Å². The zero-order chi connectivity index (χ0) is 18.4. The normalized spacial score (nSPS) is 10.5. The van der Waals surface area contributed by atoms with Crippen molar-refractivity contribution >= 4 is 11.9 Å². The van der Waals surface area contributed by atoms with E-state index >= 15 is 0 Å². The van der Waals surface area contributed by atoms with Crippen molar-refractivity contribution in [2.24, 2.45) is 0 Å². The van der Waals surface area contributed by atoms with Crippen LogP contribution in [0.5, 0.6) is 0 Å². The summed E-state index contributed by atoms with van der Waals surface area (Å²) in [6.07, 6.45) is 4.53. The molecule has 132 valence electrons. The van der Waals surface area contributed by atoms with Gasteiger partial charge in [0, 0.05) is 24.7 Å². The van der Waals surface area contributed by atoms with Gasteiger partial charge in [0.1, 0.15) is 0 Å². The van der Waals surface area contributed by atoms with E-state index in [0.29, 0.717) is 19.4 Å². The molecule has 0 atom stereocenters. The number of amides is 1. The quantitative estimate of drug-likeness (QED) is 0.687. The van der Waals surface area contributed by atoms with Crippen molar-refractivity contribution in [1.82, 2.24) is 15.1 Å². The molecule has 0 radical (unpaired) electrons. The second-order valence-electron chi connectivity index (χ2n) is 5.91. The van der Waals surface area contributed by atoms with Crippen LogP contribution in [-0.4, -0.2) is 26.8 Å². The fourth-order valence-corrected chi connectivity index (χ4v) is 2.53. The Morgan fingerprint density at radius 1 is 1.00 bits per heavy atom. The van der Waals surface area contributed by atoms with Crippen molar-refractivity contribution < 1.29 is 14.7 Å². The van der Waals surface area contributed by atoms with Crippen LogP contribution in [0.4, 0.5) is 0 Å². The van der Waals surface area contributed by atoms with Crippen LogP contribution in [0.25, 0.3) is 5.69 Å². The number of hydrogen-bond donors (Lipinski definition) is 2. The summed E-state index contributed by atoms with van der Waals surface area (Å²) in [6.45, 7) is 0.420. The van der Waals surface area contributed by atoms with Crippen LogP contribution in [0.15, 0.2) is 67.0 Å². The Morgan fingerprint density at radius 3 is 2.42 bits per heavy atom. The van der Waals surface area contributed by atoms with E-state index in [9.17, 15) is 9.59 Å². The summed E-state index contributed by atoms with van der Waals surface area (Å²) in [5.74, 6) is -1.01. The first-order chi connectivity index (χ1) is 12.6. The summed E-state index contributed by atoms with van der Waals surface area (Å²) in [7, 11) is 0. The van der Waals surface area contributed by atoms with Gasteiger partial charge < -0.3 is 10.4 Å². The van der Waals surface area contributed by atoms with E-state index in [1.165, 1.54) is 0 Å². The van der Waals surface area contributed by atoms with Crippen molar-refractivity contribution in [3.8, 4) is 5.69 Å². The SMILES string of the molecule is O=C(CCc1ccc(C(=O)O)cc1)NCc1cnn(-c2ccccc2)c1. The average molecular weight is 349 g/mol. The molecule has 2 N–H and O–H groups in total. The molecular weight excluding hydrogens is 330 g/mol. The third-order valence-electron chi connectivity index (χ3n) is 3.99. The number of aromatic carboxylic acids is 1. The van der Waals surface area contributed by atoms with Gasteiger partial charge >= 0.3 is 5.97 Å². The Morgan fingerprint density at radius 2 is 1.73 bits per heavy atom. The van der Waals surface area contributed by atoms with Crippen LogP contribution in [-0.2, 0) is 17.8 Å². The van der Waals surface area contributed by atoms with E-state index in [-0.39, 0.29) is 11.5 Å². The van der Waals surface area contributed by atoms with E-state index in [2.05, 4.69) is 10.4 Å². The van der Waals surface area contributed by atoms with Crippen molar-refractivity contribution in [3.05, 3.63) is 83.7 Å². The van der Waals surface area contributed by atoms with Gasteiger partial charge in [0.2, 0.25) is 5.91 Å². The highest BCUT2D eigenvalue weighted by Crippen LogP contribution is 2.09. The summed E-state index contributed by atoms with van der Waals surface area (Å²) in [5, 5.41) is 16.1. The van der Waals surface area contributed by atoms with E-state index < -0.39 is 5.97 Å². The van der Waals surface area contributed by atoms with Gasteiger partial charge in [0.05, 0.1) is 17.4 Å². The monoisotopic (exact) mass is 349 g/mol. The minimum absolute atomic E-state index is 0.0558. The maximum atomic E-state index is 12.0. The van der Waals surface area contributed by atoms with Crippen molar-refractivity contribution in [3.63, 3.8) is 0 Å². The number of aryl methyl sites for hydroxylation is 1. The van der Waals surface area contributed by atoms with Crippen LogP contribution in [0.1, 0.15) is 27.9 Å². The fraction of sp³-hybridized carbons (Fsp3) is 0.150. The van der Waals surface area contributed by atoms with Gasteiger partial charge in [0.15, 0.2) is 0 Å². The molecule has 2 aromatic carbocycles. The molecule has 3 rings (SSSR count). The number of carboxylic acids is 1. The number of rotatable bonds is 7. The van der Waals surface area contributed by atoms with Crippen LogP contribution < -0.4 is 5.32 Å². The van der Waals surface area contributed by atoms with Crippen molar-refractivity contribution in [1.29, 1.82) is 0 Å². The molecule has 1 amide bonds. The minimum Gasteiger partial charge on any atom is -0.478 e. The van der Waals surface area contributed by atoms with Gasteiger partial charge in [-0.05, 0) is 36.2 Å². The molecular formula is C20H19N3O3. The van der Waals surface area contributed by atoms with E-state index in [1.807, 2.05) is 36.5 Å². The molecule has 0 unspecified atom stereocenters. The molecule has 3 aromatic rings. The molecule has 1 aromatic heterocycles. The number of carboxylic acid groups (broad SMARTS) is 1. The second-order valence-corrected chi connectivity index (χ2v) is 5.91. The highest BCUT2D eigenvalue weighted by atomic mass is 16.4. The van der Waals surface area contributed by atoms with Crippen LogP contribution >= 0.6 is 0 Å².